The Balaban J connectivity index is 1.45. The minimum Gasteiger partial charge on any atom is -0.377 e. The Labute approximate surface area is 102 Å². The Bertz CT molecular complexity index is 291. The zero-order valence-corrected chi connectivity index (χ0v) is 10.3. The van der Waals surface area contributed by atoms with Gasteiger partial charge in [-0.3, -0.25) is 4.79 Å². The van der Waals surface area contributed by atoms with E-state index in [1.54, 1.807) is 0 Å². The highest BCUT2D eigenvalue weighted by Gasteiger charge is 2.39. The number of fused-ring (bicyclic) bond motifs is 1. The van der Waals surface area contributed by atoms with Crippen LogP contribution in [0.5, 0.6) is 0 Å². The van der Waals surface area contributed by atoms with Crippen LogP contribution in [0.25, 0.3) is 0 Å². The summed E-state index contributed by atoms with van der Waals surface area (Å²) in [6.45, 7) is 3.84. The molecule has 0 aromatic heterocycles. The van der Waals surface area contributed by atoms with Crippen LogP contribution in [0.3, 0.4) is 0 Å². The number of ether oxygens (including phenoxy) is 1. The first kappa shape index (κ1) is 11.5. The standard InChI is InChI=1S/C13H22N2O2/c16-13(15-6-9-1-2-9)5-12-11-3-4-14-7-10(11)8-17-12/h9-12,14H,1-8H2,(H,15,16)/t10-,11-,12-/m1/s1. The molecule has 3 fully saturated rings. The van der Waals surface area contributed by atoms with Crippen LogP contribution in [-0.4, -0.2) is 38.3 Å². The van der Waals surface area contributed by atoms with Crippen LogP contribution in [0.1, 0.15) is 25.7 Å². The van der Waals surface area contributed by atoms with E-state index < -0.39 is 0 Å². The van der Waals surface area contributed by atoms with Crippen LogP contribution in [-0.2, 0) is 9.53 Å². The summed E-state index contributed by atoms with van der Waals surface area (Å²) in [7, 11) is 0. The van der Waals surface area contributed by atoms with E-state index in [4.69, 9.17) is 4.74 Å². The molecule has 96 valence electrons. The van der Waals surface area contributed by atoms with Crippen molar-refractivity contribution in [3.63, 3.8) is 0 Å². The van der Waals surface area contributed by atoms with Gasteiger partial charge in [0, 0.05) is 19.0 Å². The smallest absolute Gasteiger partial charge is 0.222 e. The molecular formula is C13H22N2O2. The van der Waals surface area contributed by atoms with Crippen molar-refractivity contribution in [1.82, 2.24) is 10.6 Å². The van der Waals surface area contributed by atoms with Crippen molar-refractivity contribution < 1.29 is 9.53 Å². The van der Waals surface area contributed by atoms with Crippen molar-refractivity contribution in [2.75, 3.05) is 26.2 Å². The summed E-state index contributed by atoms with van der Waals surface area (Å²) in [5.74, 6) is 2.17. The van der Waals surface area contributed by atoms with E-state index in [2.05, 4.69) is 10.6 Å². The van der Waals surface area contributed by atoms with Crippen LogP contribution in [0.15, 0.2) is 0 Å². The molecule has 0 bridgehead atoms. The Morgan fingerprint density at radius 3 is 3.06 bits per heavy atom. The van der Waals surface area contributed by atoms with E-state index in [9.17, 15) is 4.79 Å². The number of carbonyl (C=O) groups excluding carboxylic acids is 1. The second-order valence-corrected chi connectivity index (χ2v) is 5.74. The molecule has 3 rings (SSSR count). The Morgan fingerprint density at radius 1 is 1.35 bits per heavy atom. The number of piperidine rings is 1. The highest BCUT2D eigenvalue weighted by Crippen LogP contribution is 2.33. The van der Waals surface area contributed by atoms with Crippen molar-refractivity contribution in [1.29, 1.82) is 0 Å². The summed E-state index contributed by atoms with van der Waals surface area (Å²) >= 11 is 0. The molecule has 2 saturated heterocycles. The Hall–Kier alpha value is -0.610. The maximum absolute atomic E-state index is 11.8. The molecule has 1 saturated carbocycles. The van der Waals surface area contributed by atoms with E-state index in [-0.39, 0.29) is 12.0 Å². The summed E-state index contributed by atoms with van der Waals surface area (Å²) in [4.78, 5) is 11.8. The maximum Gasteiger partial charge on any atom is 0.222 e. The van der Waals surface area contributed by atoms with Crippen molar-refractivity contribution in [3.05, 3.63) is 0 Å². The number of carbonyl (C=O) groups is 1. The number of hydrogen-bond acceptors (Lipinski definition) is 3. The van der Waals surface area contributed by atoms with E-state index >= 15 is 0 Å². The Morgan fingerprint density at radius 2 is 2.24 bits per heavy atom. The first-order valence-corrected chi connectivity index (χ1v) is 6.92. The molecule has 1 aliphatic carbocycles. The van der Waals surface area contributed by atoms with Gasteiger partial charge in [0.05, 0.1) is 19.1 Å². The average Bonchev–Trinajstić information content (AvgIpc) is 3.10. The quantitative estimate of drug-likeness (QED) is 0.751. The molecular weight excluding hydrogens is 216 g/mol. The van der Waals surface area contributed by atoms with Gasteiger partial charge in [-0.25, -0.2) is 0 Å². The first-order valence-electron chi connectivity index (χ1n) is 6.92. The molecule has 2 N–H and O–H groups in total. The van der Waals surface area contributed by atoms with Crippen molar-refractivity contribution in [2.24, 2.45) is 17.8 Å². The second kappa shape index (κ2) is 4.94. The van der Waals surface area contributed by atoms with Crippen molar-refractivity contribution in [2.45, 2.75) is 31.8 Å². The summed E-state index contributed by atoms with van der Waals surface area (Å²) in [5, 5.41) is 6.43. The molecule has 4 heteroatoms. The van der Waals surface area contributed by atoms with Gasteiger partial charge in [-0.15, -0.1) is 0 Å². The van der Waals surface area contributed by atoms with Crippen LogP contribution < -0.4 is 10.6 Å². The molecule has 0 spiro atoms. The van der Waals surface area contributed by atoms with Crippen molar-refractivity contribution in [3.8, 4) is 0 Å². The molecule has 0 aromatic carbocycles. The van der Waals surface area contributed by atoms with Gasteiger partial charge in [0.1, 0.15) is 0 Å². The predicted molar refractivity (Wildman–Crippen MR) is 64.6 cm³/mol. The largest absolute Gasteiger partial charge is 0.377 e. The number of hydrogen-bond donors (Lipinski definition) is 2. The highest BCUT2D eigenvalue weighted by atomic mass is 16.5. The van der Waals surface area contributed by atoms with Gasteiger partial charge >= 0.3 is 0 Å². The lowest BCUT2D eigenvalue weighted by Gasteiger charge is -2.27. The fraction of sp³-hybridized carbons (Fsp3) is 0.923. The van der Waals surface area contributed by atoms with Gasteiger partial charge in [-0.1, -0.05) is 0 Å². The lowest BCUT2D eigenvalue weighted by molar-refractivity contribution is -0.123. The highest BCUT2D eigenvalue weighted by molar-refractivity contribution is 5.76. The lowest BCUT2D eigenvalue weighted by Crippen LogP contribution is -2.39. The van der Waals surface area contributed by atoms with Crippen LogP contribution >= 0.6 is 0 Å². The molecule has 2 aliphatic heterocycles. The van der Waals surface area contributed by atoms with Gasteiger partial charge in [0.2, 0.25) is 5.91 Å². The summed E-state index contributed by atoms with van der Waals surface area (Å²) in [5.41, 5.74) is 0. The summed E-state index contributed by atoms with van der Waals surface area (Å²) in [6.07, 6.45) is 4.47. The normalized spacial score (nSPS) is 36.6. The lowest BCUT2D eigenvalue weighted by atomic mass is 9.84. The third-order valence-corrected chi connectivity index (χ3v) is 4.34. The van der Waals surface area contributed by atoms with E-state index in [0.717, 1.165) is 38.6 Å². The summed E-state index contributed by atoms with van der Waals surface area (Å²) < 4.78 is 5.79. The molecule has 1 amide bonds. The molecule has 3 aliphatic rings. The SMILES string of the molecule is O=C(C[C@H]1OC[C@H]2CNCC[C@H]21)NCC1CC1. The van der Waals surface area contributed by atoms with Crippen LogP contribution in [0, 0.1) is 17.8 Å². The zero-order chi connectivity index (χ0) is 11.7. The fourth-order valence-electron chi connectivity index (χ4n) is 3.03. The number of amides is 1. The predicted octanol–water partition coefficient (Wildman–Crippen LogP) is 0.527. The van der Waals surface area contributed by atoms with Crippen LogP contribution in [0.2, 0.25) is 0 Å². The molecule has 4 nitrogen and oxygen atoms in total. The molecule has 17 heavy (non-hydrogen) atoms. The molecule has 2 heterocycles. The van der Waals surface area contributed by atoms with Gasteiger partial charge in [0.15, 0.2) is 0 Å². The summed E-state index contributed by atoms with van der Waals surface area (Å²) in [6, 6.07) is 0. The molecule has 0 aromatic rings. The van der Waals surface area contributed by atoms with Crippen molar-refractivity contribution >= 4 is 5.91 Å². The van der Waals surface area contributed by atoms with Gasteiger partial charge < -0.3 is 15.4 Å². The maximum atomic E-state index is 11.8. The third-order valence-electron chi connectivity index (χ3n) is 4.34. The van der Waals surface area contributed by atoms with Gasteiger partial charge in [-0.2, -0.15) is 0 Å². The van der Waals surface area contributed by atoms with Gasteiger partial charge in [-0.05, 0) is 37.6 Å². The average molecular weight is 238 g/mol. The van der Waals surface area contributed by atoms with Crippen LogP contribution in [0.4, 0.5) is 0 Å². The van der Waals surface area contributed by atoms with E-state index in [0.29, 0.717) is 18.3 Å². The zero-order valence-electron chi connectivity index (χ0n) is 10.3. The van der Waals surface area contributed by atoms with Gasteiger partial charge in [0.25, 0.3) is 0 Å². The second-order valence-electron chi connectivity index (χ2n) is 5.74. The number of nitrogens with one attached hydrogen (secondary N) is 2. The third kappa shape index (κ3) is 2.80. The molecule has 0 unspecified atom stereocenters. The van der Waals surface area contributed by atoms with E-state index in [1.807, 2.05) is 0 Å². The molecule has 3 atom stereocenters. The van der Waals surface area contributed by atoms with E-state index in [1.165, 1.54) is 12.8 Å². The monoisotopic (exact) mass is 238 g/mol. The molecule has 0 radical (unpaired) electrons. The Kier molecular flexibility index (Phi) is 3.34. The number of rotatable bonds is 4. The fourth-order valence-corrected chi connectivity index (χ4v) is 3.03. The first-order chi connectivity index (χ1) is 8.33. The minimum absolute atomic E-state index is 0.168. The topological polar surface area (TPSA) is 50.4 Å². The minimum atomic E-state index is 0.168.